The Labute approximate surface area is 133 Å². The number of nitrogens with one attached hydrogen (secondary N) is 1. The lowest BCUT2D eigenvalue weighted by molar-refractivity contribution is 0.448. The molecule has 4 nitrogen and oxygen atoms in total. The van der Waals surface area contributed by atoms with Crippen LogP contribution in [-0.2, 0) is 0 Å². The van der Waals surface area contributed by atoms with Gasteiger partial charge >= 0.3 is 0 Å². The topological polar surface area (TPSA) is 55.7 Å². The van der Waals surface area contributed by atoms with Crippen molar-refractivity contribution in [1.82, 2.24) is 0 Å². The molecule has 0 bridgehead atoms. The first-order valence-corrected chi connectivity index (χ1v) is 7.42. The molecule has 0 saturated heterocycles. The molecular weight excluding hydrogens is 332 g/mol. The summed E-state index contributed by atoms with van der Waals surface area (Å²) in [5.41, 5.74) is 2.86. The van der Waals surface area contributed by atoms with E-state index in [9.17, 15) is 10.2 Å². The van der Waals surface area contributed by atoms with Crippen LogP contribution in [0, 0.1) is 0 Å². The zero-order chi connectivity index (χ0) is 15.6. The summed E-state index contributed by atoms with van der Waals surface area (Å²) in [5.74, 6) is 0.112. The van der Waals surface area contributed by atoms with Crippen molar-refractivity contribution in [2.75, 3.05) is 24.3 Å². The van der Waals surface area contributed by atoms with Crippen molar-refractivity contribution in [2.45, 2.75) is 13.0 Å². The van der Waals surface area contributed by atoms with E-state index < -0.39 is 0 Å². The van der Waals surface area contributed by atoms with Gasteiger partial charge in [-0.1, -0.05) is 15.9 Å². The van der Waals surface area contributed by atoms with Gasteiger partial charge in [-0.25, -0.2) is 0 Å². The number of nitrogens with zero attached hydrogens (tertiary/aromatic N) is 1. The minimum absolute atomic E-state index is 0.0562. The van der Waals surface area contributed by atoms with Crippen molar-refractivity contribution >= 4 is 27.3 Å². The Balaban J connectivity index is 2.30. The predicted octanol–water partition coefficient (Wildman–Crippen LogP) is 4.10. The van der Waals surface area contributed by atoms with Gasteiger partial charge in [-0.3, -0.25) is 0 Å². The Morgan fingerprint density at radius 1 is 1.05 bits per heavy atom. The van der Waals surface area contributed by atoms with Crippen molar-refractivity contribution < 1.29 is 10.2 Å². The van der Waals surface area contributed by atoms with Crippen molar-refractivity contribution in [3.63, 3.8) is 0 Å². The summed E-state index contributed by atoms with van der Waals surface area (Å²) < 4.78 is 0.988. The molecule has 0 saturated carbocycles. The summed E-state index contributed by atoms with van der Waals surface area (Å²) >= 11 is 3.48. The molecule has 1 atom stereocenters. The van der Waals surface area contributed by atoms with Crippen LogP contribution in [0.5, 0.6) is 11.5 Å². The molecule has 5 heteroatoms. The second-order valence-electron chi connectivity index (χ2n) is 5.20. The van der Waals surface area contributed by atoms with Gasteiger partial charge in [0.2, 0.25) is 0 Å². The Hall–Kier alpha value is -1.88. The molecule has 0 aliphatic carbocycles. The highest BCUT2D eigenvalue weighted by Gasteiger charge is 2.12. The van der Waals surface area contributed by atoms with Gasteiger partial charge in [0, 0.05) is 30.7 Å². The fraction of sp³-hybridized carbons (Fsp3) is 0.250. The molecule has 2 aromatic carbocycles. The normalized spacial score (nSPS) is 12.0. The zero-order valence-electron chi connectivity index (χ0n) is 12.3. The molecule has 0 radical (unpaired) electrons. The van der Waals surface area contributed by atoms with Crippen LogP contribution in [0.1, 0.15) is 18.5 Å². The molecule has 112 valence electrons. The summed E-state index contributed by atoms with van der Waals surface area (Å²) in [6, 6.07) is 10.6. The van der Waals surface area contributed by atoms with Gasteiger partial charge in [-0.2, -0.15) is 0 Å². The van der Waals surface area contributed by atoms with E-state index in [1.807, 2.05) is 44.1 Å². The number of hydrogen-bond donors (Lipinski definition) is 3. The van der Waals surface area contributed by atoms with E-state index in [-0.39, 0.29) is 17.5 Å². The molecule has 0 aliphatic heterocycles. The minimum atomic E-state index is -0.0593. The fourth-order valence-electron chi connectivity index (χ4n) is 2.20. The Kier molecular flexibility index (Phi) is 4.63. The molecule has 0 aromatic heterocycles. The van der Waals surface area contributed by atoms with Gasteiger partial charge < -0.3 is 20.4 Å². The highest BCUT2D eigenvalue weighted by atomic mass is 79.9. The van der Waals surface area contributed by atoms with Crippen molar-refractivity contribution in [3.05, 3.63) is 46.4 Å². The molecule has 3 N–H and O–H groups in total. The van der Waals surface area contributed by atoms with E-state index in [0.29, 0.717) is 0 Å². The second kappa shape index (κ2) is 6.26. The highest BCUT2D eigenvalue weighted by Crippen LogP contribution is 2.32. The van der Waals surface area contributed by atoms with Crippen LogP contribution in [0.4, 0.5) is 11.4 Å². The molecule has 1 unspecified atom stereocenters. The maximum Gasteiger partial charge on any atom is 0.119 e. The monoisotopic (exact) mass is 350 g/mol. The quantitative estimate of drug-likeness (QED) is 0.776. The van der Waals surface area contributed by atoms with Crippen LogP contribution in [0.25, 0.3) is 0 Å². The molecule has 0 amide bonds. The van der Waals surface area contributed by atoms with Crippen LogP contribution >= 0.6 is 15.9 Å². The average molecular weight is 351 g/mol. The molecule has 0 spiro atoms. The third-order valence-electron chi connectivity index (χ3n) is 3.24. The average Bonchev–Trinajstić information content (AvgIpc) is 2.37. The van der Waals surface area contributed by atoms with E-state index in [1.54, 1.807) is 12.1 Å². The molecule has 0 heterocycles. The third kappa shape index (κ3) is 3.82. The predicted molar refractivity (Wildman–Crippen MR) is 90.3 cm³/mol. The van der Waals surface area contributed by atoms with Gasteiger partial charge in [0.1, 0.15) is 11.5 Å². The SMILES string of the molecule is CC(Nc1cc(Br)ccc1N(C)C)c1cc(O)cc(O)c1. The standard InChI is InChI=1S/C16H19BrN2O2/c1-10(11-6-13(20)9-14(21)7-11)18-15-8-12(17)4-5-16(15)19(2)3/h4-10,18,20-21H,1-3H3. The number of halogens is 1. The van der Waals surface area contributed by atoms with E-state index in [2.05, 4.69) is 21.2 Å². The van der Waals surface area contributed by atoms with Gasteiger partial charge in [0.05, 0.1) is 11.4 Å². The summed E-state index contributed by atoms with van der Waals surface area (Å²) in [4.78, 5) is 2.03. The number of hydrogen-bond acceptors (Lipinski definition) is 4. The lowest BCUT2D eigenvalue weighted by atomic mass is 10.1. The number of phenolic OH excluding ortho intramolecular Hbond substituents is 2. The highest BCUT2D eigenvalue weighted by molar-refractivity contribution is 9.10. The number of rotatable bonds is 4. The van der Waals surface area contributed by atoms with Crippen LogP contribution in [0.15, 0.2) is 40.9 Å². The van der Waals surface area contributed by atoms with E-state index in [1.165, 1.54) is 6.07 Å². The van der Waals surface area contributed by atoms with E-state index >= 15 is 0 Å². The lowest BCUT2D eigenvalue weighted by Gasteiger charge is -2.22. The zero-order valence-corrected chi connectivity index (χ0v) is 13.8. The largest absolute Gasteiger partial charge is 0.508 e. The van der Waals surface area contributed by atoms with Crippen molar-refractivity contribution in [1.29, 1.82) is 0 Å². The van der Waals surface area contributed by atoms with Gasteiger partial charge in [-0.05, 0) is 42.8 Å². The number of anilines is 2. The summed E-state index contributed by atoms with van der Waals surface area (Å²) in [6.07, 6.45) is 0. The maximum atomic E-state index is 9.59. The Bertz CT molecular complexity index is 624. The first-order chi connectivity index (χ1) is 9.86. The first kappa shape index (κ1) is 15.5. The van der Waals surface area contributed by atoms with Crippen LogP contribution in [0.2, 0.25) is 0 Å². The molecule has 2 aromatic rings. The summed E-state index contributed by atoms with van der Waals surface area (Å²) in [5, 5.41) is 22.6. The summed E-state index contributed by atoms with van der Waals surface area (Å²) in [6.45, 7) is 1.98. The van der Waals surface area contributed by atoms with Crippen molar-refractivity contribution in [3.8, 4) is 11.5 Å². The molecule has 0 aliphatic rings. The van der Waals surface area contributed by atoms with Gasteiger partial charge in [-0.15, -0.1) is 0 Å². The lowest BCUT2D eigenvalue weighted by Crippen LogP contribution is -2.14. The second-order valence-corrected chi connectivity index (χ2v) is 6.12. The first-order valence-electron chi connectivity index (χ1n) is 6.63. The maximum absolute atomic E-state index is 9.59. The Morgan fingerprint density at radius 3 is 2.24 bits per heavy atom. The molecular formula is C16H19BrN2O2. The minimum Gasteiger partial charge on any atom is -0.508 e. The smallest absolute Gasteiger partial charge is 0.119 e. The van der Waals surface area contributed by atoms with Gasteiger partial charge in [0.15, 0.2) is 0 Å². The Morgan fingerprint density at radius 2 is 1.67 bits per heavy atom. The number of phenols is 2. The van der Waals surface area contributed by atoms with Crippen LogP contribution in [0.3, 0.4) is 0 Å². The number of benzene rings is 2. The molecule has 21 heavy (non-hydrogen) atoms. The van der Waals surface area contributed by atoms with E-state index in [4.69, 9.17) is 0 Å². The third-order valence-corrected chi connectivity index (χ3v) is 3.73. The summed E-state index contributed by atoms with van der Waals surface area (Å²) in [7, 11) is 3.97. The number of aromatic hydroxyl groups is 2. The fourth-order valence-corrected chi connectivity index (χ4v) is 2.56. The van der Waals surface area contributed by atoms with Gasteiger partial charge in [0.25, 0.3) is 0 Å². The molecule has 0 fully saturated rings. The van der Waals surface area contributed by atoms with Crippen LogP contribution < -0.4 is 10.2 Å². The van der Waals surface area contributed by atoms with E-state index in [0.717, 1.165) is 21.4 Å². The van der Waals surface area contributed by atoms with Crippen LogP contribution in [-0.4, -0.2) is 24.3 Å². The van der Waals surface area contributed by atoms with Crippen molar-refractivity contribution in [2.24, 2.45) is 0 Å². The molecule has 2 rings (SSSR count).